The molecule has 3 saturated heterocycles. The lowest BCUT2D eigenvalue weighted by Crippen LogP contribution is -2.71. The smallest absolute Gasteiger partial charge is 0.356 e. The molecule has 2 aliphatic carbocycles. The highest BCUT2D eigenvalue weighted by Crippen LogP contribution is 2.49. The third kappa shape index (κ3) is 6.27. The Balaban J connectivity index is 1.57. The fraction of sp³-hybridized carbons (Fsp3) is 0.800. The van der Waals surface area contributed by atoms with E-state index in [1.165, 1.54) is 0 Å². The van der Waals surface area contributed by atoms with Gasteiger partial charge in [0.2, 0.25) is 17.7 Å². The van der Waals surface area contributed by atoms with Crippen LogP contribution in [0.2, 0.25) is 0 Å². The topological polar surface area (TPSA) is 131 Å². The largest absolute Gasteiger partial charge is 0.471 e. The first-order chi connectivity index (χ1) is 18.3. The Labute approximate surface area is 222 Å². The highest BCUT2D eigenvalue weighted by molar-refractivity contribution is 5.94. The summed E-state index contributed by atoms with van der Waals surface area (Å²) in [5.41, 5.74) is 0. The van der Waals surface area contributed by atoms with Crippen LogP contribution in [0.1, 0.15) is 64.2 Å². The number of hydrogen-bond donors (Lipinski definition) is 3. The van der Waals surface area contributed by atoms with Gasteiger partial charge >= 0.3 is 12.1 Å². The third-order valence-electron chi connectivity index (χ3n) is 8.51. The fourth-order valence-corrected chi connectivity index (χ4v) is 6.27. The number of rotatable bonds is 8. The molecule has 39 heavy (non-hydrogen) atoms. The van der Waals surface area contributed by atoms with Crippen LogP contribution in [0.25, 0.3) is 0 Å². The van der Waals surface area contributed by atoms with Gasteiger partial charge in [0.1, 0.15) is 18.1 Å². The zero-order valence-electron chi connectivity index (χ0n) is 21.2. The number of nitrogens with one attached hydrogen (secondary N) is 3. The number of carbonyl (C=O) groups excluding carboxylic acids is 4. The molecule has 3 heterocycles. The number of carbonyl (C=O) groups is 4. The highest BCUT2D eigenvalue weighted by atomic mass is 19.4. The number of hydrogen-bond acceptors (Lipinski definition) is 5. The van der Waals surface area contributed by atoms with Crippen molar-refractivity contribution in [3.63, 3.8) is 0 Å². The Hall–Kier alpha value is -2.98. The molecule has 0 spiro atoms. The second kappa shape index (κ2) is 11.3. The normalized spacial score (nSPS) is 29.8. The lowest BCUT2D eigenvalue weighted by atomic mass is 9.71. The summed E-state index contributed by atoms with van der Waals surface area (Å²) >= 11 is 0. The fourth-order valence-electron chi connectivity index (χ4n) is 6.27. The van der Waals surface area contributed by atoms with Crippen LogP contribution in [-0.4, -0.2) is 71.3 Å². The van der Waals surface area contributed by atoms with Gasteiger partial charge in [0.15, 0.2) is 0 Å². The molecule has 2 bridgehead atoms. The lowest BCUT2D eigenvalue weighted by molar-refractivity contribution is -0.196. The maximum Gasteiger partial charge on any atom is 0.471 e. The number of amides is 4. The molecule has 14 heteroatoms. The van der Waals surface area contributed by atoms with Crippen molar-refractivity contribution in [1.29, 1.82) is 5.26 Å². The van der Waals surface area contributed by atoms with Crippen molar-refractivity contribution in [1.82, 2.24) is 20.9 Å². The molecule has 3 N–H and O–H groups in total. The molecule has 5 fully saturated rings. The second-order valence-corrected chi connectivity index (χ2v) is 11.1. The molecule has 0 aromatic carbocycles. The Morgan fingerprint density at radius 1 is 1.08 bits per heavy atom. The van der Waals surface area contributed by atoms with Crippen LogP contribution in [0.4, 0.5) is 22.0 Å². The molecular weight excluding hydrogens is 529 g/mol. The standard InChI is InChI=1S/C25H32F5N5O4/c26-24(27)11-16-6-7-17(24)19(21(37)33-15(12-31)10-14-5-2-8-32-20(14)36)35(16)22(38)18(9-13-3-1-4-13)34-23(39)25(28,29)30/h13-19H,1-11H2,(H,32,36)(H,33,37)(H,34,39)/t14-,15-,16+,17+,18-,19-/m0/s1. The summed E-state index contributed by atoms with van der Waals surface area (Å²) in [5.74, 6) is -10.2. The van der Waals surface area contributed by atoms with E-state index in [0.717, 1.165) is 11.3 Å². The third-order valence-corrected chi connectivity index (χ3v) is 8.51. The van der Waals surface area contributed by atoms with E-state index in [4.69, 9.17) is 0 Å². The van der Waals surface area contributed by atoms with Crippen LogP contribution in [0.15, 0.2) is 0 Å². The first-order valence-corrected chi connectivity index (χ1v) is 13.4. The van der Waals surface area contributed by atoms with E-state index in [1.54, 1.807) is 5.32 Å². The van der Waals surface area contributed by atoms with Gasteiger partial charge in [-0.05, 0) is 44.4 Å². The molecular formula is C25H32F5N5O4. The van der Waals surface area contributed by atoms with Crippen molar-refractivity contribution in [3.05, 3.63) is 0 Å². The van der Waals surface area contributed by atoms with Crippen LogP contribution in [-0.2, 0) is 19.2 Å². The van der Waals surface area contributed by atoms with Crippen molar-refractivity contribution in [3.8, 4) is 6.07 Å². The van der Waals surface area contributed by atoms with Crippen molar-refractivity contribution in [2.45, 2.75) is 100 Å². The first kappa shape index (κ1) is 29.0. The molecule has 5 rings (SSSR count). The van der Waals surface area contributed by atoms with Gasteiger partial charge in [-0.15, -0.1) is 0 Å². The molecule has 0 aromatic heterocycles. The number of piperidine rings is 3. The number of nitrogens with zero attached hydrogens (tertiary/aromatic N) is 2. The summed E-state index contributed by atoms with van der Waals surface area (Å²) in [6.07, 6.45) is -2.84. The molecule has 0 aromatic rings. The molecule has 2 saturated carbocycles. The van der Waals surface area contributed by atoms with E-state index in [9.17, 15) is 46.4 Å². The molecule has 5 aliphatic rings. The van der Waals surface area contributed by atoms with Crippen molar-refractivity contribution >= 4 is 23.6 Å². The summed E-state index contributed by atoms with van der Waals surface area (Å²) in [5, 5.41) is 16.4. The molecule has 6 atom stereocenters. The van der Waals surface area contributed by atoms with Crippen molar-refractivity contribution in [2.24, 2.45) is 17.8 Å². The predicted molar refractivity (Wildman–Crippen MR) is 125 cm³/mol. The van der Waals surface area contributed by atoms with E-state index < -0.39 is 72.2 Å². The highest BCUT2D eigenvalue weighted by Gasteiger charge is 2.61. The second-order valence-electron chi connectivity index (χ2n) is 11.1. The van der Waals surface area contributed by atoms with Crippen molar-refractivity contribution in [2.75, 3.05) is 6.54 Å². The Kier molecular flexibility index (Phi) is 8.37. The van der Waals surface area contributed by atoms with Gasteiger partial charge in [0.05, 0.1) is 12.0 Å². The van der Waals surface area contributed by atoms with Gasteiger partial charge in [0.25, 0.3) is 5.92 Å². The maximum atomic E-state index is 15.0. The van der Waals surface area contributed by atoms with Crippen LogP contribution < -0.4 is 16.0 Å². The van der Waals surface area contributed by atoms with E-state index >= 15 is 0 Å². The van der Waals surface area contributed by atoms with E-state index in [-0.39, 0.29) is 37.5 Å². The van der Waals surface area contributed by atoms with E-state index in [1.807, 2.05) is 6.07 Å². The van der Waals surface area contributed by atoms with E-state index in [2.05, 4.69) is 10.6 Å². The Morgan fingerprint density at radius 3 is 2.36 bits per heavy atom. The van der Waals surface area contributed by atoms with Crippen LogP contribution in [0, 0.1) is 29.1 Å². The maximum absolute atomic E-state index is 15.0. The zero-order chi connectivity index (χ0) is 28.5. The molecule has 9 nitrogen and oxygen atoms in total. The average molecular weight is 562 g/mol. The number of nitriles is 1. The minimum Gasteiger partial charge on any atom is -0.356 e. The number of halogens is 5. The SMILES string of the molecule is N#C[C@H](C[C@@H]1CCCNC1=O)NC(=O)[C@@H]1[C@H]2CC[C@H](CC2(F)F)N1C(=O)[C@H](CC1CCC1)NC(=O)C(F)(F)F. The zero-order valence-corrected chi connectivity index (χ0v) is 21.2. The summed E-state index contributed by atoms with van der Waals surface area (Å²) in [6.45, 7) is 0.489. The number of alkyl halides is 5. The molecule has 0 radical (unpaired) electrons. The monoisotopic (exact) mass is 561 g/mol. The molecule has 0 unspecified atom stereocenters. The van der Waals surface area contributed by atoms with Gasteiger partial charge in [-0.2, -0.15) is 18.4 Å². The van der Waals surface area contributed by atoms with Gasteiger partial charge in [-0.25, -0.2) is 8.78 Å². The van der Waals surface area contributed by atoms with Gasteiger partial charge in [0, 0.05) is 24.9 Å². The molecule has 4 amide bonds. The van der Waals surface area contributed by atoms with Gasteiger partial charge in [-0.1, -0.05) is 19.3 Å². The van der Waals surface area contributed by atoms with Gasteiger partial charge in [-0.3, -0.25) is 19.2 Å². The van der Waals surface area contributed by atoms with Crippen LogP contribution in [0.5, 0.6) is 0 Å². The van der Waals surface area contributed by atoms with Crippen LogP contribution in [0.3, 0.4) is 0 Å². The Bertz CT molecular complexity index is 1030. The van der Waals surface area contributed by atoms with Gasteiger partial charge < -0.3 is 20.9 Å². The van der Waals surface area contributed by atoms with Crippen LogP contribution >= 0.6 is 0 Å². The summed E-state index contributed by atoms with van der Waals surface area (Å²) in [4.78, 5) is 51.9. The molecule has 3 aliphatic heterocycles. The number of fused-ring (bicyclic) bond motifs is 3. The molecule has 216 valence electrons. The Morgan fingerprint density at radius 2 is 1.79 bits per heavy atom. The summed E-state index contributed by atoms with van der Waals surface area (Å²) in [6, 6.07) is -3.82. The van der Waals surface area contributed by atoms with E-state index in [0.29, 0.717) is 32.2 Å². The first-order valence-electron chi connectivity index (χ1n) is 13.4. The summed E-state index contributed by atoms with van der Waals surface area (Å²) in [7, 11) is 0. The van der Waals surface area contributed by atoms with Crippen molar-refractivity contribution < 1.29 is 41.1 Å². The predicted octanol–water partition coefficient (Wildman–Crippen LogP) is 2.16. The lowest BCUT2D eigenvalue weighted by Gasteiger charge is -2.54. The summed E-state index contributed by atoms with van der Waals surface area (Å²) < 4.78 is 69.1. The quantitative estimate of drug-likeness (QED) is 0.391. The minimum atomic E-state index is -5.26. The average Bonchev–Trinajstić information content (AvgIpc) is 2.84. The minimum absolute atomic E-state index is 0.0504.